The highest BCUT2D eigenvalue weighted by molar-refractivity contribution is 6.31. The number of nitrogens with zero attached hydrogens (tertiary/aromatic N) is 2. The fourth-order valence-corrected chi connectivity index (χ4v) is 3.31. The highest BCUT2D eigenvalue weighted by Gasteiger charge is 2.16. The van der Waals surface area contributed by atoms with E-state index >= 15 is 0 Å². The summed E-state index contributed by atoms with van der Waals surface area (Å²) in [5, 5.41) is 11.1. The highest BCUT2D eigenvalue weighted by atomic mass is 35.5. The van der Waals surface area contributed by atoms with Crippen LogP contribution in [0.15, 0.2) is 36.4 Å². The Hall–Kier alpha value is -2.51. The van der Waals surface area contributed by atoms with Gasteiger partial charge < -0.3 is 16.0 Å². The molecule has 0 saturated carbocycles. The molecular weight excluding hydrogens is 372 g/mol. The molecule has 1 fully saturated rings. The van der Waals surface area contributed by atoms with E-state index in [1.165, 1.54) is 6.07 Å². The lowest BCUT2D eigenvalue weighted by molar-refractivity contribution is 0.479. The number of nitrogens with one attached hydrogen (secondary N) is 3. The first-order chi connectivity index (χ1) is 13.1. The summed E-state index contributed by atoms with van der Waals surface area (Å²) in [6, 6.07) is 9.19. The molecule has 3 aromatic rings. The molecule has 1 atom stereocenters. The van der Waals surface area contributed by atoms with E-state index in [4.69, 9.17) is 11.6 Å². The quantitative estimate of drug-likeness (QED) is 0.614. The Morgan fingerprint density at radius 1 is 1.07 bits per heavy atom. The third-order valence-electron chi connectivity index (χ3n) is 4.47. The van der Waals surface area contributed by atoms with Gasteiger partial charge in [-0.2, -0.15) is 4.98 Å². The SMILES string of the molecule is Fc1ccc(Nc2nc(NC3CCCNC3)c3cc(Cl)ccc3n2)cc1F. The van der Waals surface area contributed by atoms with Crippen LogP contribution in [0.25, 0.3) is 10.9 Å². The number of aromatic nitrogens is 2. The Morgan fingerprint density at radius 2 is 1.96 bits per heavy atom. The zero-order valence-electron chi connectivity index (χ0n) is 14.4. The van der Waals surface area contributed by atoms with E-state index in [2.05, 4.69) is 25.9 Å². The predicted molar refractivity (Wildman–Crippen MR) is 104 cm³/mol. The molecule has 0 spiro atoms. The number of benzene rings is 2. The van der Waals surface area contributed by atoms with E-state index in [-0.39, 0.29) is 6.04 Å². The monoisotopic (exact) mass is 389 g/mol. The van der Waals surface area contributed by atoms with Crippen LogP contribution in [0.5, 0.6) is 0 Å². The Kier molecular flexibility index (Phi) is 5.05. The molecule has 1 aliphatic heterocycles. The van der Waals surface area contributed by atoms with Crippen molar-refractivity contribution in [3.8, 4) is 0 Å². The molecule has 0 radical (unpaired) electrons. The van der Waals surface area contributed by atoms with Gasteiger partial charge in [-0.1, -0.05) is 11.6 Å². The number of hydrogen-bond acceptors (Lipinski definition) is 5. The summed E-state index contributed by atoms with van der Waals surface area (Å²) >= 11 is 6.15. The molecule has 8 heteroatoms. The smallest absolute Gasteiger partial charge is 0.229 e. The third-order valence-corrected chi connectivity index (χ3v) is 4.71. The number of fused-ring (bicyclic) bond motifs is 1. The Morgan fingerprint density at radius 3 is 2.74 bits per heavy atom. The molecule has 2 aromatic carbocycles. The minimum atomic E-state index is -0.931. The zero-order chi connectivity index (χ0) is 18.8. The molecule has 0 bridgehead atoms. The van der Waals surface area contributed by atoms with Crippen molar-refractivity contribution in [2.45, 2.75) is 18.9 Å². The van der Waals surface area contributed by atoms with Gasteiger partial charge in [0, 0.05) is 34.7 Å². The van der Waals surface area contributed by atoms with Crippen LogP contribution in [0.2, 0.25) is 5.02 Å². The van der Waals surface area contributed by atoms with Gasteiger partial charge in [0.1, 0.15) is 5.82 Å². The second kappa shape index (κ2) is 7.62. The summed E-state index contributed by atoms with van der Waals surface area (Å²) in [6.07, 6.45) is 2.12. The van der Waals surface area contributed by atoms with Gasteiger partial charge in [-0.15, -0.1) is 0 Å². The maximum atomic E-state index is 13.5. The third kappa shape index (κ3) is 4.09. The topological polar surface area (TPSA) is 61.9 Å². The van der Waals surface area contributed by atoms with Gasteiger partial charge >= 0.3 is 0 Å². The van der Waals surface area contributed by atoms with E-state index in [0.29, 0.717) is 28.0 Å². The van der Waals surface area contributed by atoms with Crippen molar-refractivity contribution < 1.29 is 8.78 Å². The summed E-state index contributed by atoms with van der Waals surface area (Å²) in [5.74, 6) is -0.885. The summed E-state index contributed by atoms with van der Waals surface area (Å²) in [6.45, 7) is 1.86. The number of halogens is 3. The van der Waals surface area contributed by atoms with Crippen LogP contribution >= 0.6 is 11.6 Å². The van der Waals surface area contributed by atoms with Gasteiger partial charge in [-0.3, -0.25) is 0 Å². The van der Waals surface area contributed by atoms with Gasteiger partial charge in [0.15, 0.2) is 11.6 Å². The van der Waals surface area contributed by atoms with E-state index in [0.717, 1.165) is 43.5 Å². The lowest BCUT2D eigenvalue weighted by atomic mass is 10.1. The van der Waals surface area contributed by atoms with E-state index in [1.54, 1.807) is 12.1 Å². The molecule has 0 aliphatic carbocycles. The Bertz CT molecular complexity index is 976. The van der Waals surface area contributed by atoms with Crippen LogP contribution < -0.4 is 16.0 Å². The molecule has 2 heterocycles. The number of rotatable bonds is 4. The second-order valence-electron chi connectivity index (χ2n) is 6.50. The first kappa shape index (κ1) is 17.9. The summed E-state index contributed by atoms with van der Waals surface area (Å²) < 4.78 is 26.6. The fraction of sp³-hybridized carbons (Fsp3) is 0.263. The van der Waals surface area contributed by atoms with Crippen molar-refractivity contribution >= 4 is 40.0 Å². The molecule has 1 saturated heterocycles. The summed E-state index contributed by atoms with van der Waals surface area (Å²) in [4.78, 5) is 9.01. The lowest BCUT2D eigenvalue weighted by Crippen LogP contribution is -2.38. The molecule has 1 aromatic heterocycles. The average Bonchev–Trinajstić information content (AvgIpc) is 2.66. The molecule has 27 heavy (non-hydrogen) atoms. The molecular formula is C19H18ClF2N5. The van der Waals surface area contributed by atoms with Crippen molar-refractivity contribution in [3.63, 3.8) is 0 Å². The minimum absolute atomic E-state index is 0.243. The largest absolute Gasteiger partial charge is 0.365 e. The number of piperidine rings is 1. The van der Waals surface area contributed by atoms with Crippen LogP contribution in [0.4, 0.5) is 26.2 Å². The fourth-order valence-electron chi connectivity index (χ4n) is 3.14. The van der Waals surface area contributed by atoms with E-state index in [1.807, 2.05) is 6.07 Å². The molecule has 0 amide bonds. The number of hydrogen-bond donors (Lipinski definition) is 3. The molecule has 1 unspecified atom stereocenters. The van der Waals surface area contributed by atoms with Crippen molar-refractivity contribution in [3.05, 3.63) is 53.1 Å². The first-order valence-corrected chi connectivity index (χ1v) is 9.13. The van der Waals surface area contributed by atoms with Crippen LogP contribution in [-0.4, -0.2) is 29.1 Å². The average molecular weight is 390 g/mol. The predicted octanol–water partition coefficient (Wildman–Crippen LogP) is 4.47. The summed E-state index contributed by atoms with van der Waals surface area (Å²) in [7, 11) is 0. The minimum Gasteiger partial charge on any atom is -0.365 e. The first-order valence-electron chi connectivity index (χ1n) is 8.75. The maximum Gasteiger partial charge on any atom is 0.229 e. The van der Waals surface area contributed by atoms with Crippen LogP contribution in [0, 0.1) is 11.6 Å². The van der Waals surface area contributed by atoms with E-state index < -0.39 is 11.6 Å². The Balaban J connectivity index is 1.70. The van der Waals surface area contributed by atoms with Crippen molar-refractivity contribution in [2.75, 3.05) is 23.7 Å². The van der Waals surface area contributed by atoms with Gasteiger partial charge in [0.25, 0.3) is 0 Å². The van der Waals surface area contributed by atoms with Crippen molar-refractivity contribution in [2.24, 2.45) is 0 Å². The molecule has 5 nitrogen and oxygen atoms in total. The lowest BCUT2D eigenvalue weighted by Gasteiger charge is -2.25. The molecule has 4 rings (SSSR count). The molecule has 3 N–H and O–H groups in total. The van der Waals surface area contributed by atoms with Crippen LogP contribution in [-0.2, 0) is 0 Å². The molecule has 140 valence electrons. The highest BCUT2D eigenvalue weighted by Crippen LogP contribution is 2.28. The zero-order valence-corrected chi connectivity index (χ0v) is 15.2. The second-order valence-corrected chi connectivity index (χ2v) is 6.94. The Labute approximate surface area is 160 Å². The normalized spacial score (nSPS) is 17.1. The van der Waals surface area contributed by atoms with Crippen LogP contribution in [0.1, 0.15) is 12.8 Å². The van der Waals surface area contributed by atoms with E-state index in [9.17, 15) is 8.78 Å². The van der Waals surface area contributed by atoms with Crippen molar-refractivity contribution in [1.29, 1.82) is 0 Å². The van der Waals surface area contributed by atoms with Gasteiger partial charge in [0.05, 0.1) is 5.52 Å². The molecule has 1 aliphatic rings. The van der Waals surface area contributed by atoms with Gasteiger partial charge in [-0.05, 0) is 49.7 Å². The van der Waals surface area contributed by atoms with Crippen molar-refractivity contribution in [1.82, 2.24) is 15.3 Å². The summed E-state index contributed by atoms with van der Waals surface area (Å²) in [5.41, 5.74) is 1.07. The van der Waals surface area contributed by atoms with Gasteiger partial charge in [-0.25, -0.2) is 13.8 Å². The maximum absolute atomic E-state index is 13.5. The van der Waals surface area contributed by atoms with Gasteiger partial charge in [0.2, 0.25) is 5.95 Å². The standard InChI is InChI=1S/C19H18ClF2N5/c20-11-3-6-17-14(8-11)18(24-13-2-1-7-23-10-13)27-19(26-17)25-12-4-5-15(21)16(22)9-12/h3-6,8-9,13,23H,1-2,7,10H2,(H2,24,25,26,27). The van der Waals surface area contributed by atoms with Crippen LogP contribution in [0.3, 0.4) is 0 Å². The number of anilines is 3.